The number of carbonyl (C=O) groups excluding carboxylic acids is 2. The first-order valence-electron chi connectivity index (χ1n) is 14.1. The van der Waals surface area contributed by atoms with Crippen LogP contribution < -0.4 is 26.6 Å². The second kappa shape index (κ2) is 11.8. The molecule has 6 rings (SSSR count). The van der Waals surface area contributed by atoms with E-state index in [1.54, 1.807) is 36.5 Å². The predicted octanol–water partition coefficient (Wildman–Crippen LogP) is 3.10. The normalized spacial score (nSPS) is 15.5. The van der Waals surface area contributed by atoms with Crippen molar-refractivity contribution in [2.24, 2.45) is 19.5 Å². The van der Waals surface area contributed by atoms with Gasteiger partial charge in [0.15, 0.2) is 0 Å². The molecule has 2 aliphatic rings. The van der Waals surface area contributed by atoms with E-state index in [0.29, 0.717) is 65.2 Å². The SMILES string of the molecule is COc1nc(-c2cccc(-c3cccc(NC(=O)c4cn(C)c(=O)n(C)c4=O)c3Cl)c2Cl)cnc1CN1CC2(CCNC2=O)C1. The van der Waals surface area contributed by atoms with Crippen LogP contribution in [-0.2, 0) is 25.4 Å². The molecule has 0 unspecified atom stereocenters. The van der Waals surface area contributed by atoms with Gasteiger partial charge in [-0.2, -0.15) is 0 Å². The Labute approximate surface area is 267 Å². The molecule has 14 heteroatoms. The predicted molar refractivity (Wildman–Crippen MR) is 170 cm³/mol. The van der Waals surface area contributed by atoms with Crippen molar-refractivity contribution in [2.75, 3.05) is 32.1 Å². The summed E-state index contributed by atoms with van der Waals surface area (Å²) in [6.45, 7) is 2.55. The van der Waals surface area contributed by atoms with Gasteiger partial charge in [0.25, 0.3) is 11.5 Å². The van der Waals surface area contributed by atoms with E-state index in [-0.39, 0.29) is 27.6 Å². The first-order chi connectivity index (χ1) is 21.5. The van der Waals surface area contributed by atoms with E-state index in [4.69, 9.17) is 32.9 Å². The van der Waals surface area contributed by atoms with Gasteiger partial charge in [-0.1, -0.05) is 53.5 Å². The molecule has 2 aromatic carbocycles. The fourth-order valence-electron chi connectivity index (χ4n) is 5.88. The van der Waals surface area contributed by atoms with Gasteiger partial charge in [0.2, 0.25) is 11.8 Å². The molecule has 45 heavy (non-hydrogen) atoms. The lowest BCUT2D eigenvalue weighted by Crippen LogP contribution is -2.59. The van der Waals surface area contributed by atoms with Crippen molar-refractivity contribution in [1.82, 2.24) is 29.3 Å². The number of hydrogen-bond acceptors (Lipinski definition) is 8. The van der Waals surface area contributed by atoms with Crippen LogP contribution in [0.15, 0.2) is 58.4 Å². The second-order valence-electron chi connectivity index (χ2n) is 11.2. The number of benzene rings is 2. The minimum Gasteiger partial charge on any atom is -0.480 e. The maximum atomic E-state index is 13.0. The molecule has 2 aromatic heterocycles. The fraction of sp³-hybridized carbons (Fsp3) is 0.290. The summed E-state index contributed by atoms with van der Waals surface area (Å²) >= 11 is 13.7. The van der Waals surface area contributed by atoms with E-state index >= 15 is 0 Å². The summed E-state index contributed by atoms with van der Waals surface area (Å²) in [6.07, 6.45) is 3.66. The molecule has 2 N–H and O–H groups in total. The van der Waals surface area contributed by atoms with Crippen LogP contribution in [-0.4, -0.2) is 62.6 Å². The molecule has 2 amide bonds. The van der Waals surface area contributed by atoms with Gasteiger partial charge < -0.3 is 19.9 Å². The van der Waals surface area contributed by atoms with Gasteiger partial charge in [0.05, 0.1) is 40.1 Å². The summed E-state index contributed by atoms with van der Waals surface area (Å²) in [6, 6.07) is 10.5. The quantitative estimate of drug-likeness (QED) is 0.311. The highest BCUT2D eigenvalue weighted by Crippen LogP contribution is 2.42. The molecule has 232 valence electrons. The van der Waals surface area contributed by atoms with Crippen LogP contribution in [0.2, 0.25) is 10.0 Å². The zero-order valence-corrected chi connectivity index (χ0v) is 26.2. The standard InChI is InChI=1S/C31H29Cl2N7O5/c1-38-13-20(28(42)39(2)30(38)44)26(41)36-21-9-5-7-18(25(21)33)17-6-4-8-19(24(17)32)22-12-35-23(27(37-22)45-3)14-40-15-31(16-40)10-11-34-29(31)43/h4-9,12-13H,10-11,14-16H2,1-3H3,(H,34,43)(H,36,41). The van der Waals surface area contributed by atoms with Crippen molar-refractivity contribution in [3.8, 4) is 28.3 Å². The molecule has 2 saturated heterocycles. The lowest BCUT2D eigenvalue weighted by Gasteiger charge is -2.45. The molecule has 0 bridgehead atoms. The van der Waals surface area contributed by atoms with E-state index in [2.05, 4.69) is 20.5 Å². The fourth-order valence-corrected chi connectivity index (χ4v) is 6.48. The maximum Gasteiger partial charge on any atom is 0.330 e. The van der Waals surface area contributed by atoms with Crippen LogP contribution in [0.1, 0.15) is 22.5 Å². The average Bonchev–Trinajstić information content (AvgIpc) is 3.40. The summed E-state index contributed by atoms with van der Waals surface area (Å²) in [7, 11) is 4.28. The Morgan fingerprint density at radius 2 is 1.73 bits per heavy atom. The summed E-state index contributed by atoms with van der Waals surface area (Å²) in [5.74, 6) is -0.240. The zero-order valence-electron chi connectivity index (χ0n) is 24.7. The van der Waals surface area contributed by atoms with Crippen molar-refractivity contribution in [1.29, 1.82) is 0 Å². The van der Waals surface area contributed by atoms with Gasteiger partial charge in [-0.15, -0.1) is 0 Å². The number of nitrogens with zero attached hydrogens (tertiary/aromatic N) is 5. The summed E-state index contributed by atoms with van der Waals surface area (Å²) in [5, 5.41) is 6.15. The van der Waals surface area contributed by atoms with Gasteiger partial charge in [0.1, 0.15) is 11.3 Å². The van der Waals surface area contributed by atoms with Gasteiger partial charge in [-0.25, -0.2) is 9.78 Å². The van der Waals surface area contributed by atoms with Crippen molar-refractivity contribution in [3.63, 3.8) is 0 Å². The third-order valence-electron chi connectivity index (χ3n) is 8.30. The number of anilines is 1. The lowest BCUT2D eigenvalue weighted by molar-refractivity contribution is -0.137. The lowest BCUT2D eigenvalue weighted by atomic mass is 9.78. The minimum atomic E-state index is -0.726. The Kier molecular flexibility index (Phi) is 7.98. The van der Waals surface area contributed by atoms with Crippen LogP contribution in [0, 0.1) is 5.41 Å². The number of aromatic nitrogens is 4. The number of rotatable bonds is 7. The van der Waals surface area contributed by atoms with E-state index < -0.39 is 17.2 Å². The maximum absolute atomic E-state index is 13.0. The highest BCUT2D eigenvalue weighted by atomic mass is 35.5. The summed E-state index contributed by atoms with van der Waals surface area (Å²) in [5.41, 5.74) is 1.33. The number of halogens is 2. The Morgan fingerprint density at radius 1 is 1.04 bits per heavy atom. The Balaban J connectivity index is 1.26. The van der Waals surface area contributed by atoms with Crippen molar-refractivity contribution < 1.29 is 14.3 Å². The Morgan fingerprint density at radius 3 is 2.42 bits per heavy atom. The monoisotopic (exact) mass is 649 g/mol. The first-order valence-corrected chi connectivity index (χ1v) is 14.8. The number of ether oxygens (including phenoxy) is 1. The van der Waals surface area contributed by atoms with Crippen molar-refractivity contribution in [3.05, 3.63) is 90.9 Å². The summed E-state index contributed by atoms with van der Waals surface area (Å²) < 4.78 is 7.59. The smallest absolute Gasteiger partial charge is 0.330 e. The summed E-state index contributed by atoms with van der Waals surface area (Å²) in [4.78, 5) is 61.3. The Hall–Kier alpha value is -4.52. The molecular formula is C31H29Cl2N7O5. The molecule has 2 aliphatic heterocycles. The molecular weight excluding hydrogens is 621 g/mol. The number of likely N-dealkylation sites (tertiary alicyclic amines) is 1. The molecule has 2 fully saturated rings. The van der Waals surface area contributed by atoms with Crippen LogP contribution >= 0.6 is 23.2 Å². The molecule has 0 atom stereocenters. The van der Waals surface area contributed by atoms with E-state index in [1.165, 1.54) is 27.4 Å². The number of nitrogens with one attached hydrogen (secondary N) is 2. The number of amides is 2. The van der Waals surface area contributed by atoms with Crippen LogP contribution in [0.4, 0.5) is 5.69 Å². The van der Waals surface area contributed by atoms with Crippen LogP contribution in [0.5, 0.6) is 5.88 Å². The minimum absolute atomic E-state index is 0.116. The number of aryl methyl sites for hydroxylation is 1. The largest absolute Gasteiger partial charge is 0.480 e. The molecule has 12 nitrogen and oxygen atoms in total. The van der Waals surface area contributed by atoms with Gasteiger partial charge >= 0.3 is 5.69 Å². The topological polar surface area (TPSA) is 140 Å². The Bertz CT molecular complexity index is 1980. The van der Waals surface area contributed by atoms with Crippen molar-refractivity contribution >= 4 is 40.7 Å². The molecule has 4 heterocycles. The molecule has 1 spiro atoms. The third kappa shape index (κ3) is 5.39. The number of hydrogen-bond donors (Lipinski definition) is 2. The van der Waals surface area contributed by atoms with Gasteiger partial charge in [-0.3, -0.25) is 28.8 Å². The highest BCUT2D eigenvalue weighted by Gasteiger charge is 2.51. The van der Waals surface area contributed by atoms with E-state index in [9.17, 15) is 19.2 Å². The zero-order chi connectivity index (χ0) is 32.0. The van der Waals surface area contributed by atoms with Crippen LogP contribution in [0.3, 0.4) is 0 Å². The first kappa shape index (κ1) is 30.5. The highest BCUT2D eigenvalue weighted by molar-refractivity contribution is 6.39. The van der Waals surface area contributed by atoms with Crippen LogP contribution in [0.25, 0.3) is 22.4 Å². The average molecular weight is 651 g/mol. The molecule has 0 saturated carbocycles. The molecule has 4 aromatic rings. The van der Waals surface area contributed by atoms with E-state index in [1.807, 2.05) is 6.07 Å². The van der Waals surface area contributed by atoms with Gasteiger partial charge in [-0.05, 0) is 12.5 Å². The van der Waals surface area contributed by atoms with Gasteiger partial charge in [0, 0.05) is 63.2 Å². The number of methoxy groups -OCH3 is 1. The molecule has 0 aliphatic carbocycles. The molecule has 0 radical (unpaired) electrons. The van der Waals surface area contributed by atoms with E-state index in [0.717, 1.165) is 15.6 Å². The third-order valence-corrected chi connectivity index (χ3v) is 9.12. The second-order valence-corrected chi connectivity index (χ2v) is 12.0. The van der Waals surface area contributed by atoms with Crippen molar-refractivity contribution in [2.45, 2.75) is 13.0 Å². The number of carbonyl (C=O) groups is 2.